The summed E-state index contributed by atoms with van der Waals surface area (Å²) in [6, 6.07) is 6.37. The van der Waals surface area contributed by atoms with Crippen molar-refractivity contribution in [3.8, 4) is 17.6 Å². The third-order valence-corrected chi connectivity index (χ3v) is 1.90. The minimum atomic E-state index is -4.44. The summed E-state index contributed by atoms with van der Waals surface area (Å²) in [4.78, 5) is 6.56. The molecule has 2 N–H and O–H groups in total. The van der Waals surface area contributed by atoms with Gasteiger partial charge in [-0.1, -0.05) is 0 Å². The van der Waals surface area contributed by atoms with Gasteiger partial charge in [0.05, 0.1) is 12.4 Å². The van der Waals surface area contributed by atoms with E-state index in [1.54, 1.807) is 0 Å². The summed E-state index contributed by atoms with van der Waals surface area (Å²) in [6.07, 6.45) is -2.45. The van der Waals surface area contributed by atoms with Crippen molar-refractivity contribution in [2.24, 2.45) is 0 Å². The van der Waals surface area contributed by atoms with Gasteiger partial charge < -0.3 is 10.2 Å². The number of rotatable bonds is 0. The second kappa shape index (κ2) is 6.38. The molecule has 20 heavy (non-hydrogen) atoms. The number of aromatic hydroxyl groups is 2. The molecular weight excluding hydrogens is 275 g/mol. The lowest BCUT2D eigenvalue weighted by atomic mass is 10.3. The van der Waals surface area contributed by atoms with E-state index in [-0.39, 0.29) is 11.5 Å². The van der Waals surface area contributed by atoms with Gasteiger partial charge in [0.15, 0.2) is 0 Å². The summed E-state index contributed by atoms with van der Waals surface area (Å²) in [5, 5.41) is 25.5. The highest BCUT2D eigenvalue weighted by atomic mass is 19.4. The summed E-state index contributed by atoms with van der Waals surface area (Å²) >= 11 is 0. The van der Waals surface area contributed by atoms with Gasteiger partial charge in [0.25, 0.3) is 0 Å². The lowest BCUT2D eigenvalue weighted by molar-refractivity contribution is -0.141. The van der Waals surface area contributed by atoms with Crippen LogP contribution in [0.1, 0.15) is 11.4 Å². The number of nitriles is 1. The van der Waals surface area contributed by atoms with Gasteiger partial charge in [-0.2, -0.15) is 18.4 Å². The Kier molecular flexibility index (Phi) is 4.86. The van der Waals surface area contributed by atoms with Crippen LogP contribution in [0.3, 0.4) is 0 Å². The van der Waals surface area contributed by atoms with Crippen LogP contribution in [0.15, 0.2) is 36.7 Å². The van der Waals surface area contributed by atoms with Gasteiger partial charge >= 0.3 is 6.18 Å². The summed E-state index contributed by atoms with van der Waals surface area (Å²) in [7, 11) is 0. The molecule has 0 amide bonds. The van der Waals surface area contributed by atoms with Crippen LogP contribution < -0.4 is 0 Å². The lowest BCUT2D eigenvalue weighted by Crippen LogP contribution is -2.06. The summed E-state index contributed by atoms with van der Waals surface area (Å²) < 4.78 is 35.3. The molecular formula is C12H8F3N3O2. The van der Waals surface area contributed by atoms with E-state index in [0.29, 0.717) is 5.69 Å². The first-order valence-corrected chi connectivity index (χ1v) is 5.10. The summed E-state index contributed by atoms with van der Waals surface area (Å²) in [6.45, 7) is 0. The molecule has 104 valence electrons. The highest BCUT2D eigenvalue weighted by Gasteiger charge is 2.31. The van der Waals surface area contributed by atoms with E-state index < -0.39 is 11.9 Å². The van der Waals surface area contributed by atoms with Crippen LogP contribution in [0.5, 0.6) is 11.5 Å². The van der Waals surface area contributed by atoms with Crippen molar-refractivity contribution in [3.63, 3.8) is 0 Å². The molecule has 0 atom stereocenters. The molecule has 5 nitrogen and oxygen atoms in total. The van der Waals surface area contributed by atoms with E-state index in [2.05, 4.69) is 9.97 Å². The van der Waals surface area contributed by atoms with Crippen molar-refractivity contribution in [3.05, 3.63) is 48.0 Å². The molecule has 0 aliphatic carbocycles. The zero-order valence-electron chi connectivity index (χ0n) is 9.83. The third kappa shape index (κ3) is 4.81. The number of nitrogens with zero attached hydrogens (tertiary/aromatic N) is 3. The standard InChI is InChI=1S/C6H4F3NO.C6H4N2O/c7-6(8,9)5-2-1-4(11)3-10-5;7-3-5-1-2-6(9)4-8-5/h1-3,11H;1-2,4,9H. The number of pyridine rings is 2. The molecule has 2 rings (SSSR count). The first-order valence-electron chi connectivity index (χ1n) is 5.10. The van der Waals surface area contributed by atoms with Crippen LogP contribution in [-0.2, 0) is 6.18 Å². The van der Waals surface area contributed by atoms with Crippen molar-refractivity contribution in [1.82, 2.24) is 9.97 Å². The van der Waals surface area contributed by atoms with E-state index in [4.69, 9.17) is 15.5 Å². The zero-order valence-corrected chi connectivity index (χ0v) is 9.83. The summed E-state index contributed by atoms with van der Waals surface area (Å²) in [5.74, 6) is -0.202. The van der Waals surface area contributed by atoms with E-state index in [1.165, 1.54) is 18.3 Å². The maximum atomic E-state index is 11.8. The number of hydrogen-bond donors (Lipinski definition) is 2. The van der Waals surface area contributed by atoms with Crippen LogP contribution in [-0.4, -0.2) is 20.2 Å². The maximum absolute atomic E-state index is 11.8. The molecule has 0 aliphatic rings. The molecule has 0 radical (unpaired) electrons. The highest BCUT2D eigenvalue weighted by molar-refractivity contribution is 5.25. The molecule has 0 spiro atoms. The Balaban J connectivity index is 0.000000204. The fourth-order valence-corrected chi connectivity index (χ4v) is 1.01. The zero-order chi connectivity index (χ0) is 15.2. The molecule has 2 heterocycles. The van der Waals surface area contributed by atoms with Crippen LogP contribution in [0.2, 0.25) is 0 Å². The predicted octanol–water partition coefficient (Wildman–Crippen LogP) is 2.46. The van der Waals surface area contributed by atoms with Gasteiger partial charge in [-0.15, -0.1) is 0 Å². The van der Waals surface area contributed by atoms with Gasteiger partial charge in [-0.3, -0.25) is 0 Å². The number of hydrogen-bond acceptors (Lipinski definition) is 5. The fraction of sp³-hybridized carbons (Fsp3) is 0.0833. The van der Waals surface area contributed by atoms with Gasteiger partial charge in [-0.25, -0.2) is 9.97 Å². The van der Waals surface area contributed by atoms with Gasteiger partial charge in [0.2, 0.25) is 0 Å². The largest absolute Gasteiger partial charge is 0.506 e. The van der Waals surface area contributed by atoms with Crippen molar-refractivity contribution >= 4 is 0 Å². The molecule has 0 saturated heterocycles. The quantitative estimate of drug-likeness (QED) is 0.775. The normalized spacial score (nSPS) is 10.1. The fourth-order valence-electron chi connectivity index (χ4n) is 1.01. The van der Waals surface area contributed by atoms with Crippen molar-refractivity contribution in [2.75, 3.05) is 0 Å². The Morgan fingerprint density at radius 3 is 1.85 bits per heavy atom. The number of aromatic nitrogens is 2. The Hall–Kier alpha value is -2.82. The molecule has 0 fully saturated rings. The smallest absolute Gasteiger partial charge is 0.433 e. The third-order valence-electron chi connectivity index (χ3n) is 1.90. The van der Waals surface area contributed by atoms with Crippen LogP contribution in [0, 0.1) is 11.3 Å². The number of halogens is 3. The van der Waals surface area contributed by atoms with Crippen molar-refractivity contribution in [2.45, 2.75) is 6.18 Å². The average Bonchev–Trinajstić information content (AvgIpc) is 2.40. The highest BCUT2D eigenvalue weighted by Crippen LogP contribution is 2.27. The first kappa shape index (κ1) is 15.2. The molecule has 0 saturated carbocycles. The Morgan fingerprint density at radius 2 is 1.50 bits per heavy atom. The maximum Gasteiger partial charge on any atom is 0.433 e. The molecule has 0 unspecified atom stereocenters. The van der Waals surface area contributed by atoms with Crippen LogP contribution in [0.25, 0.3) is 0 Å². The van der Waals surface area contributed by atoms with Crippen LogP contribution in [0.4, 0.5) is 13.2 Å². The van der Waals surface area contributed by atoms with Gasteiger partial charge in [-0.05, 0) is 24.3 Å². The van der Waals surface area contributed by atoms with E-state index in [9.17, 15) is 13.2 Å². The molecule has 2 aromatic heterocycles. The van der Waals surface area contributed by atoms with Gasteiger partial charge in [0, 0.05) is 0 Å². The minimum Gasteiger partial charge on any atom is -0.506 e. The lowest BCUT2D eigenvalue weighted by Gasteiger charge is -2.03. The Bertz CT molecular complexity index is 589. The monoisotopic (exact) mass is 283 g/mol. The molecule has 0 aliphatic heterocycles. The van der Waals surface area contributed by atoms with E-state index in [1.807, 2.05) is 6.07 Å². The second-order valence-corrected chi connectivity index (χ2v) is 3.41. The topological polar surface area (TPSA) is 90.0 Å². The van der Waals surface area contributed by atoms with E-state index >= 15 is 0 Å². The summed E-state index contributed by atoms with van der Waals surface area (Å²) in [5.41, 5.74) is -0.692. The molecule has 2 aromatic rings. The first-order chi connectivity index (χ1) is 9.32. The Labute approximate surface area is 111 Å². The van der Waals surface area contributed by atoms with E-state index in [0.717, 1.165) is 18.3 Å². The Morgan fingerprint density at radius 1 is 0.950 bits per heavy atom. The average molecular weight is 283 g/mol. The minimum absolute atomic E-state index is 0.0778. The number of alkyl halides is 3. The van der Waals surface area contributed by atoms with Crippen molar-refractivity contribution < 1.29 is 23.4 Å². The van der Waals surface area contributed by atoms with Crippen LogP contribution >= 0.6 is 0 Å². The second-order valence-electron chi connectivity index (χ2n) is 3.41. The molecule has 8 heteroatoms. The SMILES string of the molecule is N#Cc1ccc(O)cn1.Oc1ccc(C(F)(F)F)nc1. The van der Waals surface area contributed by atoms with Gasteiger partial charge in [0.1, 0.15) is 29.0 Å². The molecule has 0 bridgehead atoms. The predicted molar refractivity (Wildman–Crippen MR) is 61.5 cm³/mol. The molecule has 0 aromatic carbocycles. The van der Waals surface area contributed by atoms with Crippen molar-refractivity contribution in [1.29, 1.82) is 5.26 Å².